The molecule has 118 valence electrons. The van der Waals surface area contributed by atoms with Gasteiger partial charge in [0.25, 0.3) is 0 Å². The number of carbonyl (C=O) groups is 1. The lowest BCUT2D eigenvalue weighted by Crippen LogP contribution is -2.46. The van der Waals surface area contributed by atoms with Crippen LogP contribution < -0.4 is 11.1 Å². The second kappa shape index (κ2) is 7.72. The molecule has 2 heterocycles. The number of nitrogens with two attached hydrogens (primary N) is 1. The number of ether oxygens (including phenoxy) is 1. The normalized spacial score (nSPS) is 23.1. The lowest BCUT2D eigenvalue weighted by Gasteiger charge is -2.37. The molecule has 0 aliphatic carbocycles. The second-order valence-corrected chi connectivity index (χ2v) is 6.65. The van der Waals surface area contributed by atoms with Crippen LogP contribution in [0.5, 0.6) is 0 Å². The summed E-state index contributed by atoms with van der Waals surface area (Å²) in [7, 11) is 1.64. The summed E-state index contributed by atoms with van der Waals surface area (Å²) in [5.74, 6) is 0.191. The molecule has 0 saturated carbocycles. The van der Waals surface area contributed by atoms with Crippen molar-refractivity contribution >= 4 is 22.4 Å². The Bertz CT molecular complexity index is 466. The van der Waals surface area contributed by atoms with Gasteiger partial charge in [0.1, 0.15) is 0 Å². The van der Waals surface area contributed by atoms with E-state index in [1.807, 2.05) is 6.20 Å². The van der Waals surface area contributed by atoms with Crippen LogP contribution in [-0.2, 0) is 16.1 Å². The van der Waals surface area contributed by atoms with Crippen LogP contribution in [0.2, 0.25) is 0 Å². The van der Waals surface area contributed by atoms with E-state index in [0.717, 1.165) is 30.8 Å². The molecule has 7 heteroatoms. The lowest BCUT2D eigenvalue weighted by molar-refractivity contribution is -0.127. The number of thiazole rings is 1. The molecule has 1 fully saturated rings. The van der Waals surface area contributed by atoms with E-state index in [2.05, 4.69) is 22.1 Å². The first-order valence-corrected chi connectivity index (χ1v) is 8.12. The number of carbonyl (C=O) groups excluding carboxylic acids is 1. The van der Waals surface area contributed by atoms with Crippen molar-refractivity contribution in [3.05, 3.63) is 11.1 Å². The molecule has 0 radical (unpaired) electrons. The average molecular weight is 312 g/mol. The van der Waals surface area contributed by atoms with E-state index in [0.29, 0.717) is 24.3 Å². The quantitative estimate of drug-likeness (QED) is 0.769. The Balaban J connectivity index is 1.88. The van der Waals surface area contributed by atoms with Gasteiger partial charge in [-0.05, 0) is 19.8 Å². The van der Waals surface area contributed by atoms with Crippen molar-refractivity contribution in [3.8, 4) is 0 Å². The number of nitrogens with zero attached hydrogens (tertiary/aromatic N) is 2. The smallest absolute Gasteiger partial charge is 0.224 e. The van der Waals surface area contributed by atoms with E-state index in [1.54, 1.807) is 7.11 Å². The first-order chi connectivity index (χ1) is 10.1. The minimum absolute atomic E-state index is 0.0586. The van der Waals surface area contributed by atoms with Crippen LogP contribution >= 0.6 is 11.3 Å². The Morgan fingerprint density at radius 3 is 3.10 bits per heavy atom. The van der Waals surface area contributed by atoms with Crippen LogP contribution in [0.1, 0.15) is 24.6 Å². The third-order valence-corrected chi connectivity index (χ3v) is 4.73. The van der Waals surface area contributed by atoms with Gasteiger partial charge in [0.05, 0.1) is 12.5 Å². The lowest BCUT2D eigenvalue weighted by atomic mass is 9.92. The van der Waals surface area contributed by atoms with Crippen molar-refractivity contribution in [3.63, 3.8) is 0 Å². The fraction of sp³-hybridized carbons (Fsp3) is 0.714. The number of rotatable bonds is 6. The monoisotopic (exact) mass is 312 g/mol. The maximum atomic E-state index is 12.2. The number of amides is 1. The number of likely N-dealkylation sites (tertiary alicyclic amines) is 1. The van der Waals surface area contributed by atoms with E-state index in [1.165, 1.54) is 11.3 Å². The zero-order chi connectivity index (χ0) is 15.2. The topological polar surface area (TPSA) is 80.5 Å². The van der Waals surface area contributed by atoms with E-state index in [-0.39, 0.29) is 11.8 Å². The maximum absolute atomic E-state index is 12.2. The molecule has 1 aromatic heterocycles. The Labute approximate surface area is 129 Å². The molecule has 6 nitrogen and oxygen atoms in total. The summed E-state index contributed by atoms with van der Waals surface area (Å²) in [5, 5.41) is 3.54. The molecule has 2 atom stereocenters. The highest BCUT2D eigenvalue weighted by molar-refractivity contribution is 7.15. The molecule has 2 rings (SSSR count). The summed E-state index contributed by atoms with van der Waals surface area (Å²) in [6, 6.07) is 0.483. The van der Waals surface area contributed by atoms with Crippen LogP contribution in [0.3, 0.4) is 0 Å². The van der Waals surface area contributed by atoms with Gasteiger partial charge in [-0.1, -0.05) is 0 Å². The van der Waals surface area contributed by atoms with Crippen molar-refractivity contribution in [2.24, 2.45) is 5.92 Å². The van der Waals surface area contributed by atoms with Crippen LogP contribution in [0.15, 0.2) is 6.20 Å². The molecule has 21 heavy (non-hydrogen) atoms. The SMILES string of the molecule is COCCNC(=O)C1CCC(C)N(Cc2cnc(N)s2)C1. The first kappa shape index (κ1) is 16.2. The predicted molar refractivity (Wildman–Crippen MR) is 84.0 cm³/mol. The number of hydrogen-bond donors (Lipinski definition) is 2. The molecule has 2 unspecified atom stereocenters. The van der Waals surface area contributed by atoms with Gasteiger partial charge in [-0.2, -0.15) is 0 Å². The standard InChI is InChI=1S/C14H24N4O2S/c1-10-3-4-11(13(19)16-5-6-20-2)8-18(10)9-12-7-17-14(15)21-12/h7,10-11H,3-6,8-9H2,1-2H3,(H2,15,17)(H,16,19). The second-order valence-electron chi connectivity index (χ2n) is 5.50. The summed E-state index contributed by atoms with van der Waals surface area (Å²) < 4.78 is 4.96. The molecule has 1 saturated heterocycles. The van der Waals surface area contributed by atoms with Crippen molar-refractivity contribution in [1.82, 2.24) is 15.2 Å². The summed E-state index contributed by atoms with van der Waals surface area (Å²) in [6.45, 7) is 4.95. The van der Waals surface area contributed by atoms with E-state index >= 15 is 0 Å². The van der Waals surface area contributed by atoms with Crippen LogP contribution in [0, 0.1) is 5.92 Å². The van der Waals surface area contributed by atoms with Crippen LogP contribution in [0.4, 0.5) is 5.13 Å². The Hall–Kier alpha value is -1.18. The zero-order valence-electron chi connectivity index (χ0n) is 12.7. The highest BCUT2D eigenvalue weighted by Gasteiger charge is 2.29. The molecule has 0 spiro atoms. The van der Waals surface area contributed by atoms with Gasteiger partial charge < -0.3 is 15.8 Å². The van der Waals surface area contributed by atoms with Gasteiger partial charge in [0.2, 0.25) is 5.91 Å². The number of nitrogen functional groups attached to an aromatic ring is 1. The summed E-state index contributed by atoms with van der Waals surface area (Å²) >= 11 is 1.52. The highest BCUT2D eigenvalue weighted by Crippen LogP contribution is 2.25. The number of nitrogens with one attached hydrogen (secondary N) is 1. The third-order valence-electron chi connectivity index (χ3n) is 3.92. The number of hydrogen-bond acceptors (Lipinski definition) is 6. The number of anilines is 1. The third kappa shape index (κ3) is 4.66. The summed E-state index contributed by atoms with van der Waals surface area (Å²) in [6.07, 6.45) is 3.81. The van der Waals surface area contributed by atoms with Crippen LogP contribution in [0.25, 0.3) is 0 Å². The van der Waals surface area contributed by atoms with Gasteiger partial charge in [0, 0.05) is 43.9 Å². The van der Waals surface area contributed by atoms with E-state index < -0.39 is 0 Å². The molecule has 3 N–H and O–H groups in total. The summed E-state index contributed by atoms with van der Waals surface area (Å²) in [5.41, 5.74) is 5.67. The van der Waals surface area contributed by atoms with Gasteiger partial charge in [-0.3, -0.25) is 9.69 Å². The van der Waals surface area contributed by atoms with Crippen molar-refractivity contribution in [2.45, 2.75) is 32.4 Å². The fourth-order valence-corrected chi connectivity index (χ4v) is 3.34. The maximum Gasteiger partial charge on any atom is 0.224 e. The largest absolute Gasteiger partial charge is 0.383 e. The average Bonchev–Trinajstić information content (AvgIpc) is 2.87. The van der Waals surface area contributed by atoms with Gasteiger partial charge in [-0.15, -0.1) is 11.3 Å². The van der Waals surface area contributed by atoms with Gasteiger partial charge in [0.15, 0.2) is 5.13 Å². The van der Waals surface area contributed by atoms with Crippen molar-refractivity contribution in [1.29, 1.82) is 0 Å². The Kier molecular flexibility index (Phi) is 5.96. The Morgan fingerprint density at radius 1 is 1.62 bits per heavy atom. The highest BCUT2D eigenvalue weighted by atomic mass is 32.1. The minimum Gasteiger partial charge on any atom is -0.383 e. The molecule has 1 aromatic rings. The first-order valence-electron chi connectivity index (χ1n) is 7.31. The molecule has 1 aliphatic rings. The van der Waals surface area contributed by atoms with Gasteiger partial charge >= 0.3 is 0 Å². The van der Waals surface area contributed by atoms with Gasteiger partial charge in [-0.25, -0.2) is 4.98 Å². The predicted octanol–water partition coefficient (Wildman–Crippen LogP) is 1.09. The minimum atomic E-state index is 0.0586. The number of methoxy groups -OCH3 is 1. The molecule has 1 aliphatic heterocycles. The Morgan fingerprint density at radius 2 is 2.43 bits per heavy atom. The number of piperidine rings is 1. The summed E-state index contributed by atoms with van der Waals surface area (Å²) in [4.78, 5) is 19.7. The molecule has 1 amide bonds. The van der Waals surface area contributed by atoms with E-state index in [4.69, 9.17) is 10.5 Å². The zero-order valence-corrected chi connectivity index (χ0v) is 13.5. The van der Waals surface area contributed by atoms with Crippen LogP contribution in [-0.4, -0.2) is 48.6 Å². The molecular formula is C14H24N4O2S. The fourth-order valence-electron chi connectivity index (χ4n) is 2.63. The molecule has 0 bridgehead atoms. The number of aromatic nitrogens is 1. The molecular weight excluding hydrogens is 288 g/mol. The van der Waals surface area contributed by atoms with Crippen molar-refractivity contribution < 1.29 is 9.53 Å². The van der Waals surface area contributed by atoms with Crippen molar-refractivity contribution in [2.75, 3.05) is 32.5 Å². The van der Waals surface area contributed by atoms with E-state index in [9.17, 15) is 4.79 Å². The molecule has 0 aromatic carbocycles.